The van der Waals surface area contributed by atoms with Crippen molar-refractivity contribution >= 4 is 40.7 Å². The Balaban J connectivity index is 1.52. The Morgan fingerprint density at radius 3 is 2.43 bits per heavy atom. The Bertz CT molecular complexity index is 883. The van der Waals surface area contributed by atoms with E-state index in [0.717, 1.165) is 5.56 Å². The summed E-state index contributed by atoms with van der Waals surface area (Å²) < 4.78 is 0. The van der Waals surface area contributed by atoms with Crippen LogP contribution in [0.15, 0.2) is 48.5 Å². The molecule has 1 aliphatic rings. The van der Waals surface area contributed by atoms with Crippen molar-refractivity contribution < 1.29 is 14.4 Å². The summed E-state index contributed by atoms with van der Waals surface area (Å²) in [5, 5.41) is 6.18. The molecule has 146 valence electrons. The van der Waals surface area contributed by atoms with E-state index < -0.39 is 0 Å². The van der Waals surface area contributed by atoms with Crippen LogP contribution in [0.2, 0.25) is 5.02 Å². The number of amides is 3. The Hall–Kier alpha value is -2.86. The molecule has 0 saturated carbocycles. The van der Waals surface area contributed by atoms with E-state index in [9.17, 15) is 14.4 Å². The van der Waals surface area contributed by atoms with Gasteiger partial charge in [-0.2, -0.15) is 0 Å². The summed E-state index contributed by atoms with van der Waals surface area (Å²) in [6.07, 6.45) is 0.913. The van der Waals surface area contributed by atoms with Crippen molar-refractivity contribution in [3.63, 3.8) is 0 Å². The molecule has 2 N–H and O–H groups in total. The van der Waals surface area contributed by atoms with E-state index >= 15 is 0 Å². The molecule has 0 radical (unpaired) electrons. The van der Waals surface area contributed by atoms with Crippen LogP contribution >= 0.6 is 11.6 Å². The second-order valence-electron chi connectivity index (χ2n) is 6.87. The van der Waals surface area contributed by atoms with Crippen LogP contribution in [0.1, 0.15) is 18.9 Å². The van der Waals surface area contributed by atoms with Gasteiger partial charge >= 0.3 is 0 Å². The zero-order valence-electron chi connectivity index (χ0n) is 15.6. The first-order chi connectivity index (χ1) is 13.4. The maximum absolute atomic E-state index is 12.5. The van der Waals surface area contributed by atoms with E-state index in [-0.39, 0.29) is 30.1 Å². The molecule has 28 heavy (non-hydrogen) atoms. The molecule has 0 bridgehead atoms. The highest BCUT2D eigenvalue weighted by molar-refractivity contribution is 6.30. The van der Waals surface area contributed by atoms with Gasteiger partial charge in [0, 0.05) is 42.8 Å². The van der Waals surface area contributed by atoms with Gasteiger partial charge in [-0.1, -0.05) is 23.7 Å². The van der Waals surface area contributed by atoms with Gasteiger partial charge in [-0.15, -0.1) is 0 Å². The Morgan fingerprint density at radius 1 is 1.11 bits per heavy atom. The summed E-state index contributed by atoms with van der Waals surface area (Å²) in [5.41, 5.74) is 2.35. The van der Waals surface area contributed by atoms with Crippen molar-refractivity contribution in [2.45, 2.75) is 19.8 Å². The number of carbonyl (C=O) groups excluding carboxylic acids is 3. The van der Waals surface area contributed by atoms with E-state index in [1.807, 2.05) is 24.3 Å². The summed E-state index contributed by atoms with van der Waals surface area (Å²) in [6.45, 7) is 2.41. The zero-order valence-corrected chi connectivity index (χ0v) is 16.3. The average Bonchev–Trinajstić information content (AvgIpc) is 3.02. The molecule has 1 saturated heterocycles. The minimum atomic E-state index is -0.373. The smallest absolute Gasteiger partial charge is 0.229 e. The van der Waals surface area contributed by atoms with Crippen molar-refractivity contribution in [2.24, 2.45) is 5.92 Å². The van der Waals surface area contributed by atoms with Crippen molar-refractivity contribution in [3.8, 4) is 0 Å². The van der Waals surface area contributed by atoms with Gasteiger partial charge in [0.05, 0.1) is 5.92 Å². The Labute approximate surface area is 168 Å². The minimum absolute atomic E-state index is 0.0109. The minimum Gasteiger partial charge on any atom is -0.342 e. The first kappa shape index (κ1) is 19.9. The first-order valence-electron chi connectivity index (χ1n) is 9.11. The largest absolute Gasteiger partial charge is 0.342 e. The van der Waals surface area contributed by atoms with Crippen LogP contribution in [0.5, 0.6) is 0 Å². The topological polar surface area (TPSA) is 78.5 Å². The van der Waals surface area contributed by atoms with E-state index in [0.29, 0.717) is 35.9 Å². The zero-order chi connectivity index (χ0) is 20.1. The van der Waals surface area contributed by atoms with Crippen LogP contribution in [-0.2, 0) is 20.8 Å². The van der Waals surface area contributed by atoms with Gasteiger partial charge in [-0.3, -0.25) is 14.4 Å². The Kier molecular flexibility index (Phi) is 6.31. The number of anilines is 2. The van der Waals surface area contributed by atoms with Crippen LogP contribution in [0.4, 0.5) is 11.4 Å². The number of hydrogen-bond acceptors (Lipinski definition) is 3. The number of likely N-dealkylation sites (tertiary alicyclic amines) is 1. The molecule has 1 fully saturated rings. The van der Waals surface area contributed by atoms with E-state index in [1.165, 1.54) is 6.92 Å². The molecular weight excluding hydrogens is 378 g/mol. The summed E-state index contributed by atoms with van der Waals surface area (Å²) >= 11 is 5.99. The third kappa shape index (κ3) is 5.33. The lowest BCUT2D eigenvalue weighted by Gasteiger charge is -2.16. The van der Waals surface area contributed by atoms with E-state index in [4.69, 9.17) is 11.6 Å². The molecule has 1 unspecified atom stereocenters. The molecule has 6 nitrogen and oxygen atoms in total. The molecular formula is C21H22ClN3O3. The molecule has 3 rings (SSSR count). The number of nitrogens with zero attached hydrogens (tertiary/aromatic N) is 1. The molecule has 0 spiro atoms. The molecule has 3 amide bonds. The summed E-state index contributed by atoms with van der Waals surface area (Å²) in [4.78, 5) is 37.5. The molecule has 1 atom stereocenters. The average molecular weight is 400 g/mol. The van der Waals surface area contributed by atoms with Crippen LogP contribution in [0, 0.1) is 5.92 Å². The van der Waals surface area contributed by atoms with Crippen molar-refractivity contribution in [1.29, 1.82) is 0 Å². The lowest BCUT2D eigenvalue weighted by Crippen LogP contribution is -2.30. The highest BCUT2D eigenvalue weighted by Crippen LogP contribution is 2.21. The summed E-state index contributed by atoms with van der Waals surface area (Å²) in [6, 6.07) is 14.4. The number of hydrogen-bond donors (Lipinski definition) is 2. The highest BCUT2D eigenvalue weighted by Gasteiger charge is 2.34. The van der Waals surface area contributed by atoms with Crippen molar-refractivity contribution in [2.75, 3.05) is 23.7 Å². The fraction of sp³-hybridized carbons (Fsp3) is 0.286. The normalized spacial score (nSPS) is 16.1. The van der Waals surface area contributed by atoms with Crippen molar-refractivity contribution in [1.82, 2.24) is 4.90 Å². The second kappa shape index (κ2) is 8.89. The molecule has 2 aromatic rings. The Morgan fingerprint density at radius 2 is 1.79 bits per heavy atom. The van der Waals surface area contributed by atoms with Gasteiger partial charge in [0.1, 0.15) is 0 Å². The summed E-state index contributed by atoms with van der Waals surface area (Å²) in [7, 11) is 0. The van der Waals surface area contributed by atoms with Gasteiger partial charge in [-0.25, -0.2) is 0 Å². The van der Waals surface area contributed by atoms with E-state index in [1.54, 1.807) is 29.2 Å². The predicted molar refractivity (Wildman–Crippen MR) is 109 cm³/mol. The maximum Gasteiger partial charge on any atom is 0.229 e. The molecule has 2 aromatic carbocycles. The van der Waals surface area contributed by atoms with Crippen LogP contribution in [-0.4, -0.2) is 35.7 Å². The standard InChI is InChI=1S/C21H22ClN3O3/c1-14(26)23-18-5-7-19(8-6-18)24-21(28)16-12-20(27)25(13-16)10-9-15-3-2-4-17(22)11-15/h2-8,11,16H,9-10,12-13H2,1H3,(H,23,26)(H,24,28). The van der Waals surface area contributed by atoms with Gasteiger partial charge in [0.25, 0.3) is 0 Å². The number of benzene rings is 2. The monoisotopic (exact) mass is 399 g/mol. The van der Waals surface area contributed by atoms with Crippen LogP contribution in [0.3, 0.4) is 0 Å². The maximum atomic E-state index is 12.5. The third-order valence-electron chi connectivity index (χ3n) is 4.62. The fourth-order valence-corrected chi connectivity index (χ4v) is 3.42. The number of halogens is 1. The molecule has 1 aliphatic heterocycles. The van der Waals surface area contributed by atoms with Crippen LogP contribution < -0.4 is 10.6 Å². The van der Waals surface area contributed by atoms with Crippen molar-refractivity contribution in [3.05, 3.63) is 59.1 Å². The predicted octanol–water partition coefficient (Wildman–Crippen LogP) is 3.33. The highest BCUT2D eigenvalue weighted by atomic mass is 35.5. The quantitative estimate of drug-likeness (QED) is 0.782. The van der Waals surface area contributed by atoms with Gasteiger partial charge < -0.3 is 15.5 Å². The van der Waals surface area contributed by atoms with Crippen LogP contribution in [0.25, 0.3) is 0 Å². The van der Waals surface area contributed by atoms with E-state index in [2.05, 4.69) is 10.6 Å². The summed E-state index contributed by atoms with van der Waals surface area (Å²) in [5.74, 6) is -0.713. The SMILES string of the molecule is CC(=O)Nc1ccc(NC(=O)C2CC(=O)N(CCc3cccc(Cl)c3)C2)cc1. The number of nitrogens with one attached hydrogen (secondary N) is 2. The number of rotatable bonds is 6. The molecule has 0 aliphatic carbocycles. The fourth-order valence-electron chi connectivity index (χ4n) is 3.20. The molecule has 7 heteroatoms. The lowest BCUT2D eigenvalue weighted by atomic mass is 10.1. The molecule has 0 aromatic heterocycles. The van der Waals surface area contributed by atoms with Gasteiger partial charge in [0.15, 0.2) is 0 Å². The lowest BCUT2D eigenvalue weighted by molar-refractivity contribution is -0.128. The molecule has 1 heterocycles. The number of carbonyl (C=O) groups is 3. The van der Waals surface area contributed by atoms with Gasteiger partial charge in [0.2, 0.25) is 17.7 Å². The second-order valence-corrected chi connectivity index (χ2v) is 7.30. The third-order valence-corrected chi connectivity index (χ3v) is 4.85. The van der Waals surface area contributed by atoms with Gasteiger partial charge in [-0.05, 0) is 48.4 Å². The first-order valence-corrected chi connectivity index (χ1v) is 9.49.